The van der Waals surface area contributed by atoms with Gasteiger partial charge in [-0.15, -0.1) is 24.0 Å². The molecule has 0 spiro atoms. The average molecular weight is 399 g/mol. The van der Waals surface area contributed by atoms with E-state index in [4.69, 9.17) is 4.74 Å². The maximum atomic E-state index is 11.1. The highest BCUT2D eigenvalue weighted by Crippen LogP contribution is 2.01. The Balaban J connectivity index is 0. The summed E-state index contributed by atoms with van der Waals surface area (Å²) in [4.78, 5) is 15.3. The zero-order valence-corrected chi connectivity index (χ0v) is 15.5. The van der Waals surface area contributed by atoms with E-state index in [2.05, 4.69) is 29.5 Å². The van der Waals surface area contributed by atoms with Gasteiger partial charge in [-0.2, -0.15) is 0 Å². The molecule has 0 aromatic rings. The fourth-order valence-corrected chi connectivity index (χ4v) is 1.61. The first-order valence-electron chi connectivity index (χ1n) is 7.20. The Labute approximate surface area is 140 Å². The highest BCUT2D eigenvalue weighted by Gasteiger charge is 2.02. The predicted molar refractivity (Wildman–Crippen MR) is 94.7 cm³/mol. The van der Waals surface area contributed by atoms with Crippen molar-refractivity contribution in [2.24, 2.45) is 10.9 Å². The lowest BCUT2D eigenvalue weighted by Gasteiger charge is -2.12. The van der Waals surface area contributed by atoms with Crippen LogP contribution in [-0.2, 0) is 9.53 Å². The first kappa shape index (κ1) is 21.8. The Kier molecular flexibility index (Phi) is 16.2. The van der Waals surface area contributed by atoms with Gasteiger partial charge >= 0.3 is 5.97 Å². The molecule has 0 radical (unpaired) electrons. The highest BCUT2D eigenvalue weighted by atomic mass is 127. The Morgan fingerprint density at radius 1 is 1.20 bits per heavy atom. The van der Waals surface area contributed by atoms with Crippen molar-refractivity contribution in [1.29, 1.82) is 0 Å². The number of hydrogen-bond acceptors (Lipinski definition) is 3. The topological polar surface area (TPSA) is 62.7 Å². The van der Waals surface area contributed by atoms with Crippen molar-refractivity contribution in [2.45, 2.75) is 46.5 Å². The lowest BCUT2D eigenvalue weighted by atomic mass is 10.1. The summed E-state index contributed by atoms with van der Waals surface area (Å²) in [5.74, 6) is 1.40. The van der Waals surface area contributed by atoms with Gasteiger partial charge < -0.3 is 15.4 Å². The van der Waals surface area contributed by atoms with Crippen LogP contribution in [0.2, 0.25) is 0 Å². The summed E-state index contributed by atoms with van der Waals surface area (Å²) in [6, 6.07) is 0. The molecule has 0 aliphatic carbocycles. The molecule has 0 amide bonds. The molecule has 0 heterocycles. The number of carbonyl (C=O) groups excluding carboxylic acids is 1. The van der Waals surface area contributed by atoms with Gasteiger partial charge in [0.05, 0.1) is 6.61 Å². The molecule has 0 saturated heterocycles. The Bertz CT molecular complexity index is 271. The van der Waals surface area contributed by atoms with Gasteiger partial charge in [0.1, 0.15) is 0 Å². The molecule has 6 heteroatoms. The maximum Gasteiger partial charge on any atom is 0.305 e. The summed E-state index contributed by atoms with van der Waals surface area (Å²) in [7, 11) is 1.75. The standard InChI is InChI=1S/C14H29N3O2.HI/c1-5-19-13(18)9-7-11-17-14(15-4)16-10-6-8-12(2)3;/h12H,5-11H2,1-4H3,(H2,15,16,17);1H. The van der Waals surface area contributed by atoms with E-state index in [1.165, 1.54) is 6.42 Å². The first-order valence-corrected chi connectivity index (χ1v) is 7.20. The van der Waals surface area contributed by atoms with Gasteiger partial charge in [-0.05, 0) is 32.1 Å². The van der Waals surface area contributed by atoms with Crippen molar-refractivity contribution >= 4 is 35.9 Å². The number of nitrogens with one attached hydrogen (secondary N) is 2. The summed E-state index contributed by atoms with van der Waals surface area (Å²) in [5, 5.41) is 6.45. The maximum absolute atomic E-state index is 11.1. The molecule has 120 valence electrons. The summed E-state index contributed by atoms with van der Waals surface area (Å²) < 4.78 is 4.86. The first-order chi connectivity index (χ1) is 9.10. The number of halogens is 1. The monoisotopic (exact) mass is 399 g/mol. The molecular weight excluding hydrogens is 369 g/mol. The zero-order valence-electron chi connectivity index (χ0n) is 13.2. The van der Waals surface area contributed by atoms with Gasteiger partial charge in [-0.3, -0.25) is 9.79 Å². The van der Waals surface area contributed by atoms with Crippen LogP contribution < -0.4 is 10.6 Å². The number of rotatable bonds is 9. The second kappa shape index (κ2) is 14.9. The van der Waals surface area contributed by atoms with E-state index in [0.29, 0.717) is 13.0 Å². The molecule has 0 fully saturated rings. The molecule has 0 atom stereocenters. The molecule has 0 bridgehead atoms. The Morgan fingerprint density at radius 2 is 1.80 bits per heavy atom. The van der Waals surface area contributed by atoms with Crippen LogP contribution in [-0.4, -0.2) is 38.7 Å². The molecule has 5 nitrogen and oxygen atoms in total. The van der Waals surface area contributed by atoms with E-state index in [-0.39, 0.29) is 29.9 Å². The van der Waals surface area contributed by atoms with Gasteiger partial charge in [-0.1, -0.05) is 13.8 Å². The summed E-state index contributed by atoms with van der Waals surface area (Å²) in [6.07, 6.45) is 3.56. The second-order valence-electron chi connectivity index (χ2n) is 4.87. The number of aliphatic imine (C=N–C) groups is 1. The molecule has 0 saturated carbocycles. The third kappa shape index (κ3) is 13.9. The van der Waals surface area contributed by atoms with Crippen LogP contribution in [0.1, 0.15) is 46.5 Å². The van der Waals surface area contributed by atoms with E-state index >= 15 is 0 Å². The number of esters is 1. The van der Waals surface area contributed by atoms with E-state index in [1.54, 1.807) is 7.05 Å². The molecule has 20 heavy (non-hydrogen) atoms. The zero-order chi connectivity index (χ0) is 14.5. The molecule has 0 aromatic carbocycles. The lowest BCUT2D eigenvalue weighted by molar-refractivity contribution is -0.143. The van der Waals surface area contributed by atoms with Gasteiger partial charge in [0, 0.05) is 26.6 Å². The number of carbonyl (C=O) groups is 1. The predicted octanol–water partition coefficient (Wildman–Crippen LogP) is 2.55. The molecule has 0 aliphatic rings. The van der Waals surface area contributed by atoms with Crippen molar-refractivity contribution in [3.8, 4) is 0 Å². The van der Waals surface area contributed by atoms with E-state index in [0.717, 1.165) is 37.8 Å². The molecule has 0 aromatic heterocycles. The molecule has 0 aliphatic heterocycles. The summed E-state index contributed by atoms with van der Waals surface area (Å²) >= 11 is 0. The lowest BCUT2D eigenvalue weighted by Crippen LogP contribution is -2.38. The van der Waals surface area contributed by atoms with E-state index in [9.17, 15) is 4.79 Å². The van der Waals surface area contributed by atoms with Crippen LogP contribution in [0.4, 0.5) is 0 Å². The van der Waals surface area contributed by atoms with Gasteiger partial charge in [0.15, 0.2) is 5.96 Å². The van der Waals surface area contributed by atoms with Crippen LogP contribution in [0.5, 0.6) is 0 Å². The van der Waals surface area contributed by atoms with Crippen LogP contribution in [0.15, 0.2) is 4.99 Å². The summed E-state index contributed by atoms with van der Waals surface area (Å²) in [5.41, 5.74) is 0. The molecular formula is C14H30IN3O2. The Hall–Kier alpha value is -0.530. The normalized spacial score (nSPS) is 10.9. The quantitative estimate of drug-likeness (QED) is 0.206. The molecule has 2 N–H and O–H groups in total. The third-order valence-corrected chi connectivity index (χ3v) is 2.63. The second-order valence-corrected chi connectivity index (χ2v) is 4.87. The van der Waals surface area contributed by atoms with Crippen molar-refractivity contribution in [3.05, 3.63) is 0 Å². The van der Waals surface area contributed by atoms with Crippen LogP contribution in [0.25, 0.3) is 0 Å². The van der Waals surface area contributed by atoms with Crippen LogP contribution >= 0.6 is 24.0 Å². The SMILES string of the molecule is CCOC(=O)CCCNC(=NC)NCCCC(C)C.I. The highest BCUT2D eigenvalue weighted by molar-refractivity contribution is 14.0. The van der Waals surface area contributed by atoms with E-state index < -0.39 is 0 Å². The van der Waals surface area contributed by atoms with Crippen molar-refractivity contribution in [3.63, 3.8) is 0 Å². The minimum absolute atomic E-state index is 0. The fraction of sp³-hybridized carbons (Fsp3) is 0.857. The minimum atomic E-state index is -0.135. The number of hydrogen-bond donors (Lipinski definition) is 2. The van der Waals surface area contributed by atoms with E-state index in [1.807, 2.05) is 6.92 Å². The van der Waals surface area contributed by atoms with Crippen molar-refractivity contribution in [1.82, 2.24) is 10.6 Å². The van der Waals surface area contributed by atoms with Crippen LogP contribution in [0.3, 0.4) is 0 Å². The fourth-order valence-electron chi connectivity index (χ4n) is 1.61. The van der Waals surface area contributed by atoms with Gasteiger partial charge in [-0.25, -0.2) is 0 Å². The van der Waals surface area contributed by atoms with Crippen LogP contribution in [0, 0.1) is 5.92 Å². The number of ether oxygens (including phenoxy) is 1. The summed E-state index contributed by atoms with van der Waals surface area (Å²) in [6.45, 7) is 8.37. The largest absolute Gasteiger partial charge is 0.466 e. The average Bonchev–Trinajstić information content (AvgIpc) is 2.37. The number of guanidine groups is 1. The number of nitrogens with zero attached hydrogens (tertiary/aromatic N) is 1. The molecule has 0 unspecified atom stereocenters. The van der Waals surface area contributed by atoms with Crippen molar-refractivity contribution in [2.75, 3.05) is 26.7 Å². The minimum Gasteiger partial charge on any atom is -0.466 e. The van der Waals surface area contributed by atoms with Crippen molar-refractivity contribution < 1.29 is 9.53 Å². The third-order valence-electron chi connectivity index (χ3n) is 2.63. The van der Waals surface area contributed by atoms with Gasteiger partial charge in [0.25, 0.3) is 0 Å². The molecule has 0 rings (SSSR count). The smallest absolute Gasteiger partial charge is 0.305 e. The Morgan fingerprint density at radius 3 is 2.30 bits per heavy atom. The van der Waals surface area contributed by atoms with Gasteiger partial charge in [0.2, 0.25) is 0 Å².